The van der Waals surface area contributed by atoms with E-state index in [0.29, 0.717) is 0 Å². The Balaban J connectivity index is -0.000000500. The van der Waals surface area contributed by atoms with Crippen molar-refractivity contribution in [3.63, 3.8) is 0 Å². The standard InChI is InChI=1S/CH4O8P2.K.Na.2H/c2-1-8-11(6,7)9-10(3,4)5;;;;/h1H,(H,6,7)(H2,3,4,5);;;;. The van der Waals surface area contributed by atoms with Gasteiger partial charge in [0.1, 0.15) is 0 Å². The van der Waals surface area contributed by atoms with Gasteiger partial charge in [-0.1, -0.05) is 0 Å². The van der Waals surface area contributed by atoms with E-state index < -0.39 is 22.1 Å². The van der Waals surface area contributed by atoms with Gasteiger partial charge in [-0.2, -0.15) is 4.31 Å². The van der Waals surface area contributed by atoms with Crippen LogP contribution in [0.4, 0.5) is 0 Å². The summed E-state index contributed by atoms with van der Waals surface area (Å²) in [5.74, 6) is 0. The second-order valence-electron chi connectivity index (χ2n) is 1.24. The Labute approximate surface area is 138 Å². The summed E-state index contributed by atoms with van der Waals surface area (Å²) in [6.45, 7) is -0.462. The predicted octanol–water partition coefficient (Wildman–Crippen LogP) is -1.93. The Morgan fingerprint density at radius 1 is 1.15 bits per heavy atom. The SMILES string of the molecule is O=COP(=O)(O)OP(=O)(O)O.[KH].[NaH]. The van der Waals surface area contributed by atoms with Crippen molar-refractivity contribution in [3.8, 4) is 0 Å². The van der Waals surface area contributed by atoms with E-state index in [4.69, 9.17) is 14.7 Å². The first-order valence-electron chi connectivity index (χ1n) is 1.98. The van der Waals surface area contributed by atoms with Crippen molar-refractivity contribution in [3.05, 3.63) is 0 Å². The topological polar surface area (TPSA) is 130 Å². The van der Waals surface area contributed by atoms with E-state index in [1.54, 1.807) is 0 Å². The third kappa shape index (κ3) is 14.4. The summed E-state index contributed by atoms with van der Waals surface area (Å²) in [4.78, 5) is 33.5. The molecule has 70 valence electrons. The third-order valence-electron chi connectivity index (χ3n) is 0.386. The van der Waals surface area contributed by atoms with Gasteiger partial charge in [0, 0.05) is 0 Å². The molecule has 8 nitrogen and oxygen atoms in total. The number of hydrogen-bond acceptors (Lipinski definition) is 5. The van der Waals surface area contributed by atoms with Gasteiger partial charge in [-0.15, -0.1) is 0 Å². The van der Waals surface area contributed by atoms with Crippen molar-refractivity contribution in [1.29, 1.82) is 0 Å². The molecule has 0 aromatic heterocycles. The Morgan fingerprint density at radius 2 is 1.54 bits per heavy atom. The van der Waals surface area contributed by atoms with Crippen LogP contribution in [0.1, 0.15) is 0 Å². The summed E-state index contributed by atoms with van der Waals surface area (Å²) in [5.41, 5.74) is 0. The number of carbonyl (C=O) groups is 1. The van der Waals surface area contributed by atoms with Crippen LogP contribution < -0.4 is 0 Å². The zero-order chi connectivity index (χ0) is 9.12. The summed E-state index contributed by atoms with van der Waals surface area (Å²) in [6.07, 6.45) is 0. The van der Waals surface area contributed by atoms with Gasteiger partial charge in [-0.25, -0.2) is 9.13 Å². The molecule has 0 amide bonds. The number of rotatable bonds is 4. The molecule has 1 atom stereocenters. The summed E-state index contributed by atoms with van der Waals surface area (Å²) in [6, 6.07) is 0. The van der Waals surface area contributed by atoms with Gasteiger partial charge in [-0.05, 0) is 0 Å². The Bertz CT molecular complexity index is 234. The fourth-order valence-corrected chi connectivity index (χ4v) is 1.55. The molecule has 0 aliphatic heterocycles. The minimum absolute atomic E-state index is 0. The molecule has 0 fully saturated rings. The van der Waals surface area contributed by atoms with Crippen LogP contribution in [-0.4, -0.2) is 102 Å². The van der Waals surface area contributed by atoms with Crippen LogP contribution in [0.2, 0.25) is 0 Å². The van der Waals surface area contributed by atoms with Gasteiger partial charge in [0.25, 0.3) is 0 Å². The number of carbonyl (C=O) groups excluding carboxylic acids is 1. The van der Waals surface area contributed by atoms with E-state index in [1.165, 1.54) is 0 Å². The molecule has 0 saturated carbocycles. The van der Waals surface area contributed by atoms with Crippen LogP contribution in [0.3, 0.4) is 0 Å². The van der Waals surface area contributed by atoms with Gasteiger partial charge in [-0.3, -0.25) is 9.69 Å². The summed E-state index contributed by atoms with van der Waals surface area (Å²) in [7, 11) is -10.1. The first-order valence-corrected chi connectivity index (χ1v) is 5.01. The van der Waals surface area contributed by atoms with Crippen molar-refractivity contribution in [2.24, 2.45) is 0 Å². The van der Waals surface area contributed by atoms with Crippen LogP contribution in [-0.2, 0) is 22.8 Å². The number of hydrogen-bond donors (Lipinski definition) is 3. The second kappa shape index (κ2) is 8.55. The molecule has 1 unspecified atom stereocenters. The minimum atomic E-state index is -5.11. The average molecular weight is 270 g/mol. The van der Waals surface area contributed by atoms with Gasteiger partial charge < -0.3 is 14.3 Å². The van der Waals surface area contributed by atoms with Crippen molar-refractivity contribution in [2.75, 3.05) is 0 Å². The van der Waals surface area contributed by atoms with Crippen molar-refractivity contribution in [1.82, 2.24) is 0 Å². The number of phosphoric ester groups is 1. The van der Waals surface area contributed by atoms with Crippen LogP contribution >= 0.6 is 15.6 Å². The van der Waals surface area contributed by atoms with Gasteiger partial charge in [0.15, 0.2) is 0 Å². The third-order valence-corrected chi connectivity index (χ3v) is 2.41. The van der Waals surface area contributed by atoms with E-state index in [0.717, 1.165) is 0 Å². The van der Waals surface area contributed by atoms with E-state index in [9.17, 15) is 13.9 Å². The molecule has 0 aliphatic rings. The molecule has 13 heavy (non-hydrogen) atoms. The fourth-order valence-electron chi connectivity index (χ4n) is 0.208. The Kier molecular flexibility index (Phi) is 13.7. The molecule has 12 heteroatoms. The Morgan fingerprint density at radius 3 is 1.77 bits per heavy atom. The summed E-state index contributed by atoms with van der Waals surface area (Å²) < 4.78 is 26.6. The molecule has 3 N–H and O–H groups in total. The van der Waals surface area contributed by atoms with Crippen LogP contribution in [0.15, 0.2) is 0 Å². The first-order chi connectivity index (χ1) is 4.77. The normalized spacial score (nSPS) is 14.4. The maximum absolute atomic E-state index is 10.2. The number of phosphoric acid groups is 2. The quantitative estimate of drug-likeness (QED) is 0.306. The zero-order valence-corrected chi connectivity index (χ0v) is 6.64. The van der Waals surface area contributed by atoms with Crippen molar-refractivity contribution in [2.45, 2.75) is 0 Å². The van der Waals surface area contributed by atoms with Gasteiger partial charge in [0.05, 0.1) is 0 Å². The maximum atomic E-state index is 10.2. The Hall–Kier alpha value is 2.41. The summed E-state index contributed by atoms with van der Waals surface area (Å²) >= 11 is 0. The molecular formula is CH6KNaO8P2. The first kappa shape index (κ1) is 20.8. The van der Waals surface area contributed by atoms with E-state index in [-0.39, 0.29) is 80.9 Å². The fraction of sp³-hybridized carbons (Fsp3) is 0. The van der Waals surface area contributed by atoms with Gasteiger partial charge >= 0.3 is 103 Å². The molecule has 0 radical (unpaired) electrons. The zero-order valence-electron chi connectivity index (χ0n) is 4.85. The van der Waals surface area contributed by atoms with Crippen molar-refractivity contribution >= 4 is 103 Å². The average Bonchev–Trinajstić information content (AvgIpc) is 1.55. The summed E-state index contributed by atoms with van der Waals surface area (Å²) in [5, 5.41) is 0. The van der Waals surface area contributed by atoms with Crippen LogP contribution in [0.5, 0.6) is 0 Å². The monoisotopic (exact) mass is 270 g/mol. The van der Waals surface area contributed by atoms with E-state index >= 15 is 0 Å². The second-order valence-corrected chi connectivity index (χ2v) is 4.02. The molecule has 0 rings (SSSR count). The molecule has 0 aromatic rings. The van der Waals surface area contributed by atoms with E-state index in [2.05, 4.69) is 8.83 Å². The van der Waals surface area contributed by atoms with Crippen molar-refractivity contribution < 1.29 is 37.4 Å². The molecule has 0 bridgehead atoms. The van der Waals surface area contributed by atoms with Gasteiger partial charge in [0.2, 0.25) is 0 Å². The molecule has 0 heterocycles. The van der Waals surface area contributed by atoms with E-state index in [1.807, 2.05) is 0 Å². The molecule has 0 aliphatic carbocycles. The van der Waals surface area contributed by atoms with Crippen LogP contribution in [0.25, 0.3) is 0 Å². The molecule has 0 aromatic carbocycles. The predicted molar refractivity (Wildman–Crippen MR) is 44.4 cm³/mol. The molecular weight excluding hydrogens is 264 g/mol. The molecule has 0 saturated heterocycles. The van der Waals surface area contributed by atoms with Crippen LogP contribution in [0, 0.1) is 0 Å². The molecule has 0 spiro atoms.